The number of aromatic nitrogens is 6. The van der Waals surface area contributed by atoms with Crippen LogP contribution in [0.5, 0.6) is 0 Å². The van der Waals surface area contributed by atoms with E-state index >= 15 is 0 Å². The van der Waals surface area contributed by atoms with Crippen molar-refractivity contribution in [3.8, 4) is 11.3 Å². The van der Waals surface area contributed by atoms with Gasteiger partial charge in [-0.2, -0.15) is 5.10 Å². The minimum atomic E-state index is 0.240. The number of hydrogen-bond donors (Lipinski definition) is 2. The Morgan fingerprint density at radius 3 is 2.89 bits per heavy atom. The van der Waals surface area contributed by atoms with E-state index in [1.54, 1.807) is 7.11 Å². The Bertz CT molecular complexity index is 1490. The fourth-order valence-electron chi connectivity index (χ4n) is 5.18. The highest BCUT2D eigenvalue weighted by molar-refractivity contribution is 5.99. The molecule has 1 unspecified atom stereocenters. The number of nitrogens with two attached hydrogens (primary N) is 1. The number of imidazole rings is 1. The largest absolute Gasteiger partial charge is 0.385 e. The maximum atomic E-state index is 6.37. The highest BCUT2D eigenvalue weighted by Gasteiger charge is 2.28. The molecule has 6 rings (SSSR count). The van der Waals surface area contributed by atoms with Gasteiger partial charge in [-0.15, -0.1) is 0 Å². The number of likely N-dealkylation sites (tertiary alicyclic amines) is 1. The molecule has 0 spiro atoms. The standard InChI is InChI=1S/C27H30N8O/c1-36-13-5-11-34-12-10-20(16-34)35-27-24(26(28)29-17-30-27)25(33-35)19-8-9-21-22(15-19)32-23(31-21)14-18-6-3-2-4-7-18/h2-4,6-9,15,17,20H,5,10-14,16H2,1H3,(H,31,32)(H2,28,29,30). The lowest BCUT2D eigenvalue weighted by molar-refractivity contribution is 0.178. The molecule has 1 saturated heterocycles. The average Bonchev–Trinajstić information content (AvgIpc) is 3.61. The molecular formula is C27H30N8O. The molecule has 3 aromatic heterocycles. The van der Waals surface area contributed by atoms with Gasteiger partial charge in [-0.25, -0.2) is 19.6 Å². The zero-order valence-corrected chi connectivity index (χ0v) is 20.4. The van der Waals surface area contributed by atoms with E-state index in [1.165, 1.54) is 11.9 Å². The SMILES string of the molecule is COCCCN1CCC(n2nc(-c3ccc4[nH]c(Cc5ccccc5)nc4c3)c3c(N)ncnc32)C1. The molecule has 1 fully saturated rings. The molecule has 0 saturated carbocycles. The first-order valence-corrected chi connectivity index (χ1v) is 12.4. The predicted molar refractivity (Wildman–Crippen MR) is 141 cm³/mol. The first-order chi connectivity index (χ1) is 17.7. The van der Waals surface area contributed by atoms with Crippen LogP contribution < -0.4 is 5.73 Å². The number of hydrogen-bond acceptors (Lipinski definition) is 7. The normalized spacial score (nSPS) is 16.4. The number of H-pyrrole nitrogens is 1. The molecule has 2 aromatic carbocycles. The van der Waals surface area contributed by atoms with Crippen LogP contribution in [0.3, 0.4) is 0 Å². The maximum absolute atomic E-state index is 6.37. The summed E-state index contributed by atoms with van der Waals surface area (Å²) < 4.78 is 7.27. The molecule has 36 heavy (non-hydrogen) atoms. The molecule has 9 nitrogen and oxygen atoms in total. The number of nitrogens with zero attached hydrogens (tertiary/aromatic N) is 6. The van der Waals surface area contributed by atoms with E-state index in [-0.39, 0.29) is 6.04 Å². The van der Waals surface area contributed by atoms with Crippen molar-refractivity contribution in [2.45, 2.75) is 25.3 Å². The van der Waals surface area contributed by atoms with Gasteiger partial charge in [0.15, 0.2) is 5.65 Å². The van der Waals surface area contributed by atoms with Gasteiger partial charge in [-0.05, 0) is 30.5 Å². The second-order valence-electron chi connectivity index (χ2n) is 9.42. The number of nitrogens with one attached hydrogen (secondary N) is 1. The summed E-state index contributed by atoms with van der Waals surface area (Å²) in [5.41, 5.74) is 12.0. The monoisotopic (exact) mass is 482 g/mol. The molecule has 1 aliphatic rings. The molecule has 4 heterocycles. The third-order valence-electron chi connectivity index (χ3n) is 6.95. The summed E-state index contributed by atoms with van der Waals surface area (Å²) in [6.07, 6.45) is 4.33. The van der Waals surface area contributed by atoms with Crippen molar-refractivity contribution in [1.82, 2.24) is 34.6 Å². The minimum Gasteiger partial charge on any atom is -0.385 e. The summed E-state index contributed by atoms with van der Waals surface area (Å²) in [6.45, 7) is 3.78. The Balaban J connectivity index is 1.33. The van der Waals surface area contributed by atoms with Crippen molar-refractivity contribution in [3.05, 3.63) is 66.2 Å². The number of nitrogen functional groups attached to an aromatic ring is 1. The van der Waals surface area contributed by atoms with Crippen molar-refractivity contribution in [1.29, 1.82) is 0 Å². The van der Waals surface area contributed by atoms with Crippen molar-refractivity contribution in [3.63, 3.8) is 0 Å². The van der Waals surface area contributed by atoms with Gasteiger partial charge in [0.05, 0.1) is 22.5 Å². The average molecular weight is 483 g/mol. The van der Waals surface area contributed by atoms with Gasteiger partial charge in [-0.3, -0.25) is 0 Å². The van der Waals surface area contributed by atoms with Gasteiger partial charge in [-0.1, -0.05) is 36.4 Å². The van der Waals surface area contributed by atoms with Crippen LogP contribution in [-0.2, 0) is 11.2 Å². The van der Waals surface area contributed by atoms with Crippen LogP contribution in [0, 0.1) is 0 Å². The van der Waals surface area contributed by atoms with E-state index in [0.717, 1.165) is 84.7 Å². The highest BCUT2D eigenvalue weighted by Crippen LogP contribution is 2.34. The third-order valence-corrected chi connectivity index (χ3v) is 6.95. The number of fused-ring (bicyclic) bond motifs is 2. The Morgan fingerprint density at radius 2 is 2.03 bits per heavy atom. The molecule has 0 bridgehead atoms. The van der Waals surface area contributed by atoms with Gasteiger partial charge in [0, 0.05) is 45.3 Å². The van der Waals surface area contributed by atoms with Crippen molar-refractivity contribution >= 4 is 27.9 Å². The van der Waals surface area contributed by atoms with Crippen LogP contribution in [0.15, 0.2) is 54.9 Å². The van der Waals surface area contributed by atoms with E-state index in [2.05, 4.69) is 54.9 Å². The zero-order chi connectivity index (χ0) is 24.5. The summed E-state index contributed by atoms with van der Waals surface area (Å²) in [5, 5.41) is 5.86. The minimum absolute atomic E-state index is 0.240. The molecular weight excluding hydrogens is 452 g/mol. The number of ether oxygens (including phenoxy) is 1. The lowest BCUT2D eigenvalue weighted by atomic mass is 10.1. The summed E-state index contributed by atoms with van der Waals surface area (Å²) in [4.78, 5) is 19.6. The molecule has 3 N–H and O–H groups in total. The first-order valence-electron chi connectivity index (χ1n) is 12.4. The topological polar surface area (TPSA) is 111 Å². The zero-order valence-electron chi connectivity index (χ0n) is 20.4. The van der Waals surface area contributed by atoms with Gasteiger partial charge in [0.25, 0.3) is 0 Å². The number of anilines is 1. The van der Waals surface area contributed by atoms with Crippen LogP contribution in [0.25, 0.3) is 33.3 Å². The predicted octanol–water partition coefficient (Wildman–Crippen LogP) is 3.83. The third kappa shape index (κ3) is 4.31. The molecule has 0 aliphatic carbocycles. The fourth-order valence-corrected chi connectivity index (χ4v) is 5.18. The van der Waals surface area contributed by atoms with Crippen LogP contribution >= 0.6 is 0 Å². The van der Waals surface area contributed by atoms with E-state index in [4.69, 9.17) is 20.6 Å². The van der Waals surface area contributed by atoms with Gasteiger partial charge >= 0.3 is 0 Å². The molecule has 5 aromatic rings. The summed E-state index contributed by atoms with van der Waals surface area (Å²) in [6, 6.07) is 16.8. The van der Waals surface area contributed by atoms with Crippen LogP contribution in [0.4, 0.5) is 5.82 Å². The number of methoxy groups -OCH3 is 1. The summed E-state index contributed by atoms with van der Waals surface area (Å²) >= 11 is 0. The lowest BCUT2D eigenvalue weighted by Gasteiger charge is -2.16. The van der Waals surface area contributed by atoms with Gasteiger partial charge in [0.2, 0.25) is 0 Å². The van der Waals surface area contributed by atoms with E-state index < -0.39 is 0 Å². The molecule has 184 valence electrons. The van der Waals surface area contributed by atoms with Crippen LogP contribution in [0.2, 0.25) is 0 Å². The van der Waals surface area contributed by atoms with Crippen LogP contribution in [0.1, 0.15) is 30.3 Å². The van der Waals surface area contributed by atoms with Crippen molar-refractivity contribution < 1.29 is 4.74 Å². The first kappa shape index (κ1) is 22.6. The molecule has 9 heteroatoms. The molecule has 0 amide bonds. The Morgan fingerprint density at radius 1 is 1.14 bits per heavy atom. The second-order valence-corrected chi connectivity index (χ2v) is 9.42. The number of benzene rings is 2. The van der Waals surface area contributed by atoms with Crippen LogP contribution in [-0.4, -0.2) is 68.0 Å². The van der Waals surface area contributed by atoms with Crippen molar-refractivity contribution in [2.75, 3.05) is 39.1 Å². The molecule has 0 radical (unpaired) electrons. The maximum Gasteiger partial charge on any atom is 0.164 e. The van der Waals surface area contributed by atoms with Crippen molar-refractivity contribution in [2.24, 2.45) is 0 Å². The lowest BCUT2D eigenvalue weighted by Crippen LogP contribution is -2.24. The Kier molecular flexibility index (Phi) is 6.08. The van der Waals surface area contributed by atoms with Gasteiger partial charge in [0.1, 0.15) is 23.7 Å². The van der Waals surface area contributed by atoms with E-state index in [1.807, 2.05) is 18.2 Å². The fraction of sp³-hybridized carbons (Fsp3) is 0.333. The number of rotatable bonds is 8. The quantitative estimate of drug-likeness (QED) is 0.323. The van der Waals surface area contributed by atoms with E-state index in [0.29, 0.717) is 5.82 Å². The number of aromatic amines is 1. The Hall–Kier alpha value is -3.82. The summed E-state index contributed by atoms with van der Waals surface area (Å²) in [7, 11) is 1.75. The smallest absolute Gasteiger partial charge is 0.164 e. The Labute approximate surface area is 209 Å². The summed E-state index contributed by atoms with van der Waals surface area (Å²) in [5.74, 6) is 1.38. The second kappa shape index (κ2) is 9.67. The molecule has 1 atom stereocenters. The van der Waals surface area contributed by atoms with E-state index in [9.17, 15) is 0 Å². The van der Waals surface area contributed by atoms with Gasteiger partial charge < -0.3 is 20.4 Å². The molecule has 1 aliphatic heterocycles. The highest BCUT2D eigenvalue weighted by atomic mass is 16.5.